The molecule has 0 heterocycles. The molecule has 2 heteroatoms. The van der Waals surface area contributed by atoms with E-state index < -0.39 is 0 Å². The molecular weight excluding hydrogens is 333 g/mol. The van der Waals surface area contributed by atoms with Crippen molar-refractivity contribution in [2.24, 2.45) is 17.8 Å². The summed E-state index contributed by atoms with van der Waals surface area (Å²) in [4.78, 5) is 0. The van der Waals surface area contributed by atoms with E-state index in [1.807, 2.05) is 6.07 Å². The van der Waals surface area contributed by atoms with Gasteiger partial charge in [0.2, 0.25) is 0 Å². The van der Waals surface area contributed by atoms with Crippen molar-refractivity contribution in [1.29, 1.82) is 0 Å². The van der Waals surface area contributed by atoms with Crippen LogP contribution in [-0.2, 0) is 0 Å². The molecule has 0 unspecified atom stereocenters. The quantitative estimate of drug-likeness (QED) is 0.573. The number of nitrogen functional groups attached to an aromatic ring is 1. The van der Waals surface area contributed by atoms with E-state index in [9.17, 15) is 4.39 Å². The molecule has 2 N–H and O–H groups in total. The topological polar surface area (TPSA) is 26.0 Å². The summed E-state index contributed by atoms with van der Waals surface area (Å²) in [5, 5.41) is 0. The van der Waals surface area contributed by atoms with Crippen LogP contribution in [0.4, 0.5) is 10.1 Å². The van der Waals surface area contributed by atoms with E-state index in [4.69, 9.17) is 5.73 Å². The number of nitrogens with two attached hydrogens (primary N) is 1. The van der Waals surface area contributed by atoms with Crippen LogP contribution in [-0.4, -0.2) is 0 Å². The highest BCUT2D eigenvalue weighted by atomic mass is 19.1. The fraction of sp³-hybridized carbons (Fsp3) is 0.520. The zero-order valence-electron chi connectivity index (χ0n) is 16.5. The predicted molar refractivity (Wildman–Crippen MR) is 112 cm³/mol. The van der Waals surface area contributed by atoms with Crippen LogP contribution in [0, 0.1) is 23.6 Å². The monoisotopic (exact) mass is 365 g/mol. The maximum absolute atomic E-state index is 13.7. The van der Waals surface area contributed by atoms with Crippen LogP contribution in [0.15, 0.2) is 42.5 Å². The largest absolute Gasteiger partial charge is 0.396 e. The molecule has 0 saturated heterocycles. The fourth-order valence-corrected chi connectivity index (χ4v) is 5.34. The summed E-state index contributed by atoms with van der Waals surface area (Å²) in [5.41, 5.74) is 9.19. The van der Waals surface area contributed by atoms with Crippen molar-refractivity contribution in [1.82, 2.24) is 0 Å². The van der Waals surface area contributed by atoms with Gasteiger partial charge >= 0.3 is 0 Å². The first-order valence-corrected chi connectivity index (χ1v) is 10.8. The summed E-state index contributed by atoms with van der Waals surface area (Å²) in [6.07, 6.45) is 11.3. The third-order valence-electron chi connectivity index (χ3n) is 7.21. The lowest BCUT2D eigenvalue weighted by Gasteiger charge is -2.37. The molecule has 2 aromatic carbocycles. The van der Waals surface area contributed by atoms with Gasteiger partial charge in [-0.3, -0.25) is 0 Å². The van der Waals surface area contributed by atoms with Gasteiger partial charge in [0.1, 0.15) is 5.82 Å². The van der Waals surface area contributed by atoms with Crippen LogP contribution in [0.2, 0.25) is 0 Å². The summed E-state index contributed by atoms with van der Waals surface area (Å²) in [7, 11) is 0. The van der Waals surface area contributed by atoms with Crippen LogP contribution < -0.4 is 5.73 Å². The molecule has 2 fully saturated rings. The Bertz CT molecular complexity index is 750. The molecular formula is C25H32FN. The second-order valence-corrected chi connectivity index (χ2v) is 8.99. The van der Waals surface area contributed by atoms with Crippen molar-refractivity contribution in [3.8, 4) is 11.1 Å². The molecule has 2 aliphatic carbocycles. The van der Waals surface area contributed by atoms with E-state index in [0.717, 1.165) is 28.9 Å². The van der Waals surface area contributed by atoms with Crippen molar-refractivity contribution < 1.29 is 4.39 Å². The molecule has 0 radical (unpaired) electrons. The summed E-state index contributed by atoms with van der Waals surface area (Å²) < 4.78 is 13.7. The summed E-state index contributed by atoms with van der Waals surface area (Å²) in [6, 6.07) is 13.8. The fourth-order valence-electron chi connectivity index (χ4n) is 5.34. The average molecular weight is 366 g/mol. The molecule has 2 saturated carbocycles. The minimum atomic E-state index is -0.341. The lowest BCUT2D eigenvalue weighted by Crippen LogP contribution is -2.24. The van der Waals surface area contributed by atoms with Gasteiger partial charge in [-0.25, -0.2) is 4.39 Å². The van der Waals surface area contributed by atoms with E-state index >= 15 is 0 Å². The van der Waals surface area contributed by atoms with E-state index in [0.29, 0.717) is 5.92 Å². The van der Waals surface area contributed by atoms with Crippen LogP contribution in [0.5, 0.6) is 0 Å². The maximum Gasteiger partial charge on any atom is 0.146 e. The highest BCUT2D eigenvalue weighted by Crippen LogP contribution is 2.44. The number of halogens is 1. The predicted octanol–water partition coefficient (Wildman–Crippen LogP) is 7.18. The Hall–Kier alpha value is -1.83. The lowest BCUT2D eigenvalue weighted by molar-refractivity contribution is 0.165. The van der Waals surface area contributed by atoms with Crippen molar-refractivity contribution in [2.45, 2.75) is 64.2 Å². The molecule has 2 aliphatic rings. The van der Waals surface area contributed by atoms with Crippen LogP contribution in [0.1, 0.15) is 69.8 Å². The Labute approximate surface area is 163 Å². The Morgan fingerprint density at radius 3 is 1.89 bits per heavy atom. The lowest BCUT2D eigenvalue weighted by atomic mass is 9.68. The summed E-state index contributed by atoms with van der Waals surface area (Å²) >= 11 is 0. The van der Waals surface area contributed by atoms with E-state index in [-0.39, 0.29) is 11.5 Å². The molecule has 0 atom stereocenters. The number of anilines is 1. The van der Waals surface area contributed by atoms with Crippen molar-refractivity contribution in [3.05, 3.63) is 53.8 Å². The van der Waals surface area contributed by atoms with Crippen molar-refractivity contribution in [2.75, 3.05) is 5.73 Å². The maximum atomic E-state index is 13.7. The SMILES string of the molecule is CC1CCC(C2CCC(c3ccc(-c4ccc(N)c(F)c4)cc3)CC2)CC1. The second kappa shape index (κ2) is 8.04. The summed E-state index contributed by atoms with van der Waals surface area (Å²) in [5.74, 6) is 3.26. The van der Waals surface area contributed by atoms with Gasteiger partial charge in [0, 0.05) is 0 Å². The van der Waals surface area contributed by atoms with Gasteiger partial charge in [0.15, 0.2) is 0 Å². The Balaban J connectivity index is 1.36. The zero-order valence-corrected chi connectivity index (χ0v) is 16.5. The number of hydrogen-bond donors (Lipinski definition) is 1. The molecule has 4 rings (SSSR count). The third-order valence-corrected chi connectivity index (χ3v) is 7.21. The van der Waals surface area contributed by atoms with Crippen molar-refractivity contribution >= 4 is 5.69 Å². The highest BCUT2D eigenvalue weighted by Gasteiger charge is 2.30. The molecule has 0 bridgehead atoms. The molecule has 0 aliphatic heterocycles. The van der Waals surface area contributed by atoms with Crippen LogP contribution in [0.3, 0.4) is 0 Å². The van der Waals surface area contributed by atoms with Crippen molar-refractivity contribution in [3.63, 3.8) is 0 Å². The minimum absolute atomic E-state index is 0.208. The molecule has 0 amide bonds. The zero-order chi connectivity index (χ0) is 18.8. The summed E-state index contributed by atoms with van der Waals surface area (Å²) in [6.45, 7) is 2.41. The van der Waals surface area contributed by atoms with Gasteiger partial charge in [-0.1, -0.05) is 50.1 Å². The minimum Gasteiger partial charge on any atom is -0.396 e. The number of benzene rings is 2. The Morgan fingerprint density at radius 1 is 0.741 bits per heavy atom. The molecule has 144 valence electrons. The highest BCUT2D eigenvalue weighted by molar-refractivity contribution is 5.66. The van der Waals surface area contributed by atoms with E-state index in [1.165, 1.54) is 63.0 Å². The second-order valence-electron chi connectivity index (χ2n) is 8.99. The van der Waals surface area contributed by atoms with Crippen LogP contribution in [0.25, 0.3) is 11.1 Å². The van der Waals surface area contributed by atoms with E-state index in [1.54, 1.807) is 6.07 Å². The number of hydrogen-bond acceptors (Lipinski definition) is 1. The normalized spacial score (nSPS) is 28.8. The van der Waals surface area contributed by atoms with Crippen LogP contribution >= 0.6 is 0 Å². The molecule has 0 aromatic heterocycles. The average Bonchev–Trinajstić information content (AvgIpc) is 2.71. The van der Waals surface area contributed by atoms with Gasteiger partial charge in [-0.15, -0.1) is 0 Å². The first-order valence-electron chi connectivity index (χ1n) is 10.8. The van der Waals surface area contributed by atoms with Gasteiger partial charge in [0.25, 0.3) is 0 Å². The van der Waals surface area contributed by atoms with Gasteiger partial charge < -0.3 is 5.73 Å². The van der Waals surface area contributed by atoms with E-state index in [2.05, 4.69) is 31.2 Å². The smallest absolute Gasteiger partial charge is 0.146 e. The standard InChI is InChI=1S/C25H32FN/c1-17-2-4-18(5-3-17)19-6-8-20(9-7-19)21-10-12-22(13-11-21)23-14-15-25(27)24(26)16-23/h10-20H,2-9,27H2,1H3. The first-order chi connectivity index (χ1) is 13.1. The Kier molecular flexibility index (Phi) is 5.52. The van der Waals surface area contributed by atoms with Gasteiger partial charge in [-0.05, 0) is 91.0 Å². The molecule has 27 heavy (non-hydrogen) atoms. The first kappa shape index (κ1) is 18.5. The molecule has 1 nitrogen and oxygen atoms in total. The number of rotatable bonds is 3. The van der Waals surface area contributed by atoms with Gasteiger partial charge in [0.05, 0.1) is 5.69 Å². The third kappa shape index (κ3) is 4.20. The molecule has 2 aromatic rings. The Morgan fingerprint density at radius 2 is 1.30 bits per heavy atom. The van der Waals surface area contributed by atoms with Gasteiger partial charge in [-0.2, -0.15) is 0 Å². The molecule has 0 spiro atoms.